The van der Waals surface area contributed by atoms with E-state index in [1.54, 1.807) is 0 Å². The van der Waals surface area contributed by atoms with Gasteiger partial charge in [-0.1, -0.05) is 24.3 Å². The summed E-state index contributed by atoms with van der Waals surface area (Å²) in [5.41, 5.74) is 1.17. The van der Waals surface area contributed by atoms with Gasteiger partial charge in [-0.2, -0.15) is 0 Å². The van der Waals surface area contributed by atoms with Gasteiger partial charge >= 0.3 is 0 Å². The Morgan fingerprint density at radius 1 is 1.29 bits per heavy atom. The highest BCUT2D eigenvalue weighted by Crippen LogP contribution is 2.14. The predicted molar refractivity (Wildman–Crippen MR) is 66.9 cm³/mol. The SMILES string of the molecule is CC=Cc1ccc(OCOCC2COC2)cc1. The zero-order chi connectivity index (χ0) is 11.9. The third kappa shape index (κ3) is 3.88. The van der Waals surface area contributed by atoms with E-state index in [1.807, 2.05) is 37.3 Å². The van der Waals surface area contributed by atoms with Gasteiger partial charge in [0.15, 0.2) is 6.79 Å². The van der Waals surface area contributed by atoms with E-state index in [2.05, 4.69) is 6.08 Å². The van der Waals surface area contributed by atoms with Crippen LogP contribution in [0.5, 0.6) is 5.75 Å². The Balaban J connectivity index is 1.67. The molecule has 0 atom stereocenters. The van der Waals surface area contributed by atoms with Gasteiger partial charge in [0.1, 0.15) is 5.75 Å². The van der Waals surface area contributed by atoms with Crippen LogP contribution < -0.4 is 4.74 Å². The third-order valence-electron chi connectivity index (χ3n) is 2.61. The Kier molecular flexibility index (Phi) is 4.59. The fraction of sp³-hybridized carbons (Fsp3) is 0.429. The van der Waals surface area contributed by atoms with Gasteiger partial charge in [0.25, 0.3) is 0 Å². The quantitative estimate of drug-likeness (QED) is 0.559. The lowest BCUT2D eigenvalue weighted by Gasteiger charge is -2.25. The monoisotopic (exact) mass is 234 g/mol. The summed E-state index contributed by atoms with van der Waals surface area (Å²) < 4.78 is 15.9. The second kappa shape index (κ2) is 6.42. The molecule has 0 spiro atoms. The summed E-state index contributed by atoms with van der Waals surface area (Å²) in [5.74, 6) is 1.39. The number of ether oxygens (including phenoxy) is 3. The molecule has 0 unspecified atom stereocenters. The van der Waals surface area contributed by atoms with Gasteiger partial charge in [-0.15, -0.1) is 0 Å². The fourth-order valence-corrected chi connectivity index (χ4v) is 1.57. The third-order valence-corrected chi connectivity index (χ3v) is 2.61. The zero-order valence-electron chi connectivity index (χ0n) is 10.1. The Hall–Kier alpha value is -1.32. The molecule has 0 aromatic heterocycles. The van der Waals surface area contributed by atoms with Crippen molar-refractivity contribution in [2.45, 2.75) is 6.92 Å². The fourth-order valence-electron chi connectivity index (χ4n) is 1.57. The molecular weight excluding hydrogens is 216 g/mol. The molecule has 2 rings (SSSR count). The molecule has 0 bridgehead atoms. The smallest absolute Gasteiger partial charge is 0.189 e. The van der Waals surface area contributed by atoms with Crippen molar-refractivity contribution in [3.63, 3.8) is 0 Å². The second-order valence-corrected chi connectivity index (χ2v) is 4.11. The van der Waals surface area contributed by atoms with Crippen molar-refractivity contribution in [3.05, 3.63) is 35.9 Å². The summed E-state index contributed by atoms with van der Waals surface area (Å²) in [7, 11) is 0. The number of benzene rings is 1. The van der Waals surface area contributed by atoms with Gasteiger partial charge in [-0.3, -0.25) is 0 Å². The van der Waals surface area contributed by atoms with Crippen molar-refractivity contribution in [3.8, 4) is 5.75 Å². The number of hydrogen-bond acceptors (Lipinski definition) is 3. The van der Waals surface area contributed by atoms with E-state index in [1.165, 1.54) is 5.56 Å². The molecule has 0 radical (unpaired) electrons. The summed E-state index contributed by atoms with van der Waals surface area (Å²) in [6.45, 7) is 4.66. The minimum absolute atomic E-state index is 0.305. The van der Waals surface area contributed by atoms with Gasteiger partial charge in [0, 0.05) is 5.92 Å². The molecule has 0 N–H and O–H groups in total. The summed E-state index contributed by atoms with van der Waals surface area (Å²) in [4.78, 5) is 0. The maximum Gasteiger partial charge on any atom is 0.189 e. The van der Waals surface area contributed by atoms with Crippen molar-refractivity contribution in [1.29, 1.82) is 0 Å². The molecule has 1 heterocycles. The summed E-state index contributed by atoms with van der Waals surface area (Å²) in [5, 5.41) is 0. The maximum absolute atomic E-state index is 5.47. The molecule has 1 saturated heterocycles. The van der Waals surface area contributed by atoms with E-state index in [9.17, 15) is 0 Å². The van der Waals surface area contributed by atoms with Crippen LogP contribution >= 0.6 is 0 Å². The van der Waals surface area contributed by atoms with Gasteiger partial charge in [0.05, 0.1) is 19.8 Å². The Morgan fingerprint density at radius 3 is 2.65 bits per heavy atom. The molecule has 0 saturated carbocycles. The molecular formula is C14H18O3. The molecule has 1 fully saturated rings. The van der Waals surface area contributed by atoms with Crippen LogP contribution in [0.15, 0.2) is 30.3 Å². The normalized spacial score (nSPS) is 16.1. The predicted octanol–water partition coefficient (Wildman–Crippen LogP) is 2.72. The Labute approximate surface area is 102 Å². The first-order valence-electron chi connectivity index (χ1n) is 5.89. The van der Waals surface area contributed by atoms with Crippen molar-refractivity contribution in [1.82, 2.24) is 0 Å². The number of rotatable bonds is 6. The molecule has 3 nitrogen and oxygen atoms in total. The Bertz CT molecular complexity index is 352. The molecule has 0 amide bonds. The van der Waals surface area contributed by atoms with Crippen molar-refractivity contribution in [2.75, 3.05) is 26.6 Å². The maximum atomic E-state index is 5.47. The lowest BCUT2D eigenvalue weighted by atomic mass is 10.1. The first-order valence-corrected chi connectivity index (χ1v) is 5.89. The van der Waals surface area contributed by atoms with E-state index in [4.69, 9.17) is 14.2 Å². The summed E-state index contributed by atoms with van der Waals surface area (Å²) >= 11 is 0. The highest BCUT2D eigenvalue weighted by Gasteiger charge is 2.17. The Morgan fingerprint density at radius 2 is 2.06 bits per heavy atom. The second-order valence-electron chi connectivity index (χ2n) is 4.11. The first-order chi connectivity index (χ1) is 8.38. The van der Waals surface area contributed by atoms with Gasteiger partial charge in [0.2, 0.25) is 0 Å². The number of allylic oxidation sites excluding steroid dienone is 1. The van der Waals surface area contributed by atoms with Gasteiger partial charge in [-0.05, 0) is 24.6 Å². The molecule has 0 aliphatic carbocycles. The van der Waals surface area contributed by atoms with Gasteiger partial charge < -0.3 is 14.2 Å². The highest BCUT2D eigenvalue weighted by atomic mass is 16.7. The molecule has 1 aliphatic heterocycles. The summed E-state index contributed by atoms with van der Waals surface area (Å²) in [6, 6.07) is 7.94. The van der Waals surface area contributed by atoms with E-state index < -0.39 is 0 Å². The molecule has 3 heteroatoms. The van der Waals surface area contributed by atoms with Crippen LogP contribution in [0.3, 0.4) is 0 Å². The van der Waals surface area contributed by atoms with Crippen LogP contribution in [0, 0.1) is 5.92 Å². The minimum atomic E-state index is 0.305. The molecule has 17 heavy (non-hydrogen) atoms. The van der Waals surface area contributed by atoms with E-state index in [0.29, 0.717) is 12.7 Å². The lowest BCUT2D eigenvalue weighted by molar-refractivity contribution is -0.0925. The van der Waals surface area contributed by atoms with Crippen LogP contribution in [0.4, 0.5) is 0 Å². The number of hydrogen-bond donors (Lipinski definition) is 0. The van der Waals surface area contributed by atoms with E-state index >= 15 is 0 Å². The van der Waals surface area contributed by atoms with Gasteiger partial charge in [-0.25, -0.2) is 0 Å². The highest BCUT2D eigenvalue weighted by molar-refractivity contribution is 5.50. The van der Waals surface area contributed by atoms with E-state index in [0.717, 1.165) is 25.6 Å². The van der Waals surface area contributed by atoms with Crippen LogP contribution in [0.2, 0.25) is 0 Å². The van der Waals surface area contributed by atoms with Crippen LogP contribution in [-0.2, 0) is 9.47 Å². The van der Waals surface area contributed by atoms with Crippen molar-refractivity contribution < 1.29 is 14.2 Å². The average Bonchev–Trinajstić information content (AvgIpc) is 2.29. The largest absolute Gasteiger partial charge is 0.468 e. The van der Waals surface area contributed by atoms with E-state index in [-0.39, 0.29) is 0 Å². The molecule has 1 aromatic carbocycles. The molecule has 1 aliphatic rings. The minimum Gasteiger partial charge on any atom is -0.468 e. The molecule has 1 aromatic rings. The molecule has 92 valence electrons. The van der Waals surface area contributed by atoms with Crippen LogP contribution in [0.25, 0.3) is 6.08 Å². The topological polar surface area (TPSA) is 27.7 Å². The summed E-state index contributed by atoms with van der Waals surface area (Å²) in [6.07, 6.45) is 4.07. The standard InChI is InChI=1S/C14H18O3/c1-2-3-12-4-6-14(7-5-12)17-11-16-10-13-8-15-9-13/h2-7,13H,8-11H2,1H3. The zero-order valence-corrected chi connectivity index (χ0v) is 10.1. The van der Waals surface area contributed by atoms with Crippen LogP contribution in [0.1, 0.15) is 12.5 Å². The lowest BCUT2D eigenvalue weighted by Crippen LogP contribution is -2.32. The van der Waals surface area contributed by atoms with Crippen molar-refractivity contribution >= 4 is 6.08 Å². The first kappa shape index (κ1) is 12.1. The van der Waals surface area contributed by atoms with Crippen LogP contribution in [-0.4, -0.2) is 26.6 Å². The average molecular weight is 234 g/mol. The van der Waals surface area contributed by atoms with Crippen molar-refractivity contribution in [2.24, 2.45) is 5.92 Å².